The summed E-state index contributed by atoms with van der Waals surface area (Å²) in [7, 11) is 0. The smallest absolute Gasteiger partial charge is 0.283 e. The zero-order chi connectivity index (χ0) is 12.8. The summed E-state index contributed by atoms with van der Waals surface area (Å²) in [6, 6.07) is 0. The van der Waals surface area contributed by atoms with E-state index in [1.807, 2.05) is 0 Å². The van der Waals surface area contributed by atoms with E-state index in [4.69, 9.17) is 4.42 Å². The highest BCUT2D eigenvalue weighted by Gasteiger charge is 2.48. The van der Waals surface area contributed by atoms with Crippen LogP contribution in [0.15, 0.2) is 4.42 Å². The molecule has 6 heteroatoms. The maximum atomic E-state index is 12.7. The van der Waals surface area contributed by atoms with Gasteiger partial charge in [0, 0.05) is 24.7 Å². The number of oxazole rings is 1. The lowest BCUT2D eigenvalue weighted by Crippen LogP contribution is -2.33. The predicted octanol–water partition coefficient (Wildman–Crippen LogP) is 4.25. The van der Waals surface area contributed by atoms with Crippen LogP contribution in [0.4, 0.5) is 17.6 Å². The summed E-state index contributed by atoms with van der Waals surface area (Å²) < 4.78 is 55.9. The average Bonchev–Trinajstić information content (AvgIpc) is 2.57. The fourth-order valence-electron chi connectivity index (χ4n) is 1.94. The van der Waals surface area contributed by atoms with Crippen molar-refractivity contribution in [1.82, 2.24) is 4.98 Å². The van der Waals surface area contributed by atoms with Gasteiger partial charge in [0.05, 0.1) is 0 Å². The molecular weight excluding hydrogens is 238 g/mol. The molecule has 0 saturated heterocycles. The Morgan fingerprint density at radius 1 is 1.29 bits per heavy atom. The molecule has 0 bridgehead atoms. The zero-order valence-corrected chi connectivity index (χ0v) is 9.51. The first-order valence-corrected chi connectivity index (χ1v) is 5.46. The lowest BCUT2D eigenvalue weighted by atomic mass is 9.81. The molecule has 1 aliphatic carbocycles. The van der Waals surface area contributed by atoms with Crippen molar-refractivity contribution in [3.8, 4) is 0 Å². The number of aromatic nitrogens is 1. The molecule has 0 aromatic carbocycles. The minimum absolute atomic E-state index is 0.0231. The molecule has 96 valence electrons. The molecule has 1 aromatic rings. The van der Waals surface area contributed by atoms with Crippen LogP contribution in [-0.2, 0) is 0 Å². The SMILES string of the molecule is CC(C)c1oc(C2CC(F)(F)C2)nc1C(F)F. The molecule has 1 fully saturated rings. The Bertz CT molecular complexity index is 380. The molecule has 1 saturated carbocycles. The second kappa shape index (κ2) is 3.99. The van der Waals surface area contributed by atoms with E-state index in [1.165, 1.54) is 0 Å². The highest BCUT2D eigenvalue weighted by atomic mass is 19.3. The van der Waals surface area contributed by atoms with Gasteiger partial charge in [0.1, 0.15) is 11.5 Å². The van der Waals surface area contributed by atoms with Gasteiger partial charge in [-0.3, -0.25) is 0 Å². The molecular formula is C11H13F4NO. The minimum atomic E-state index is -2.73. The molecule has 0 spiro atoms. The van der Waals surface area contributed by atoms with Gasteiger partial charge in [0.15, 0.2) is 5.89 Å². The Kier molecular flexibility index (Phi) is 2.91. The van der Waals surface area contributed by atoms with Crippen molar-refractivity contribution >= 4 is 0 Å². The van der Waals surface area contributed by atoms with Gasteiger partial charge in [-0.1, -0.05) is 13.8 Å². The van der Waals surface area contributed by atoms with E-state index in [2.05, 4.69) is 4.98 Å². The van der Waals surface area contributed by atoms with Crippen molar-refractivity contribution in [1.29, 1.82) is 0 Å². The molecule has 0 amide bonds. The Labute approximate surface area is 96.0 Å². The van der Waals surface area contributed by atoms with E-state index in [-0.39, 0.29) is 30.4 Å². The summed E-state index contributed by atoms with van der Waals surface area (Å²) in [6.07, 6.45) is -3.47. The largest absolute Gasteiger partial charge is 0.445 e. The molecule has 17 heavy (non-hydrogen) atoms. The monoisotopic (exact) mass is 251 g/mol. The number of hydrogen-bond donors (Lipinski definition) is 0. The fraction of sp³-hybridized carbons (Fsp3) is 0.727. The summed E-state index contributed by atoms with van der Waals surface area (Å²) in [5.74, 6) is -3.35. The van der Waals surface area contributed by atoms with E-state index in [1.54, 1.807) is 13.8 Å². The molecule has 0 unspecified atom stereocenters. The van der Waals surface area contributed by atoms with Gasteiger partial charge in [0.2, 0.25) is 5.92 Å². The summed E-state index contributed by atoms with van der Waals surface area (Å²) in [5, 5.41) is 0. The number of halogens is 4. The molecule has 1 heterocycles. The molecule has 0 radical (unpaired) electrons. The first kappa shape index (κ1) is 12.4. The van der Waals surface area contributed by atoms with Gasteiger partial charge >= 0.3 is 0 Å². The van der Waals surface area contributed by atoms with Crippen molar-refractivity contribution in [2.45, 2.75) is 50.9 Å². The average molecular weight is 251 g/mol. The van der Waals surface area contributed by atoms with Crippen LogP contribution in [-0.4, -0.2) is 10.9 Å². The first-order valence-electron chi connectivity index (χ1n) is 5.46. The van der Waals surface area contributed by atoms with E-state index < -0.39 is 24.0 Å². The number of hydrogen-bond acceptors (Lipinski definition) is 2. The van der Waals surface area contributed by atoms with Gasteiger partial charge < -0.3 is 4.42 Å². The number of nitrogens with zero attached hydrogens (tertiary/aromatic N) is 1. The molecule has 0 atom stereocenters. The van der Waals surface area contributed by atoms with Crippen molar-refractivity contribution in [2.24, 2.45) is 0 Å². The van der Waals surface area contributed by atoms with Crippen LogP contribution in [0.5, 0.6) is 0 Å². The molecule has 0 N–H and O–H groups in total. The molecule has 1 aromatic heterocycles. The highest BCUT2D eigenvalue weighted by Crippen LogP contribution is 2.48. The van der Waals surface area contributed by atoms with Gasteiger partial charge in [-0.25, -0.2) is 22.5 Å². The summed E-state index contributed by atoms with van der Waals surface area (Å²) in [5.41, 5.74) is -0.412. The number of alkyl halides is 4. The standard InChI is InChI=1S/C11H13F4NO/c1-5(2)8-7(9(12)13)16-10(17-8)6-3-11(14,15)4-6/h5-6,9H,3-4H2,1-2H3. The van der Waals surface area contributed by atoms with E-state index in [0.717, 1.165) is 0 Å². The van der Waals surface area contributed by atoms with Gasteiger partial charge in [-0.15, -0.1) is 0 Å². The Balaban J connectivity index is 2.23. The normalized spacial score (nSPS) is 20.0. The Morgan fingerprint density at radius 2 is 1.88 bits per heavy atom. The van der Waals surface area contributed by atoms with Crippen LogP contribution in [0.2, 0.25) is 0 Å². The van der Waals surface area contributed by atoms with Crippen LogP contribution in [0, 0.1) is 0 Å². The van der Waals surface area contributed by atoms with Crippen LogP contribution in [0.3, 0.4) is 0 Å². The maximum Gasteiger partial charge on any atom is 0.283 e. The first-order chi connectivity index (χ1) is 7.80. The van der Waals surface area contributed by atoms with Crippen molar-refractivity contribution in [3.63, 3.8) is 0 Å². The van der Waals surface area contributed by atoms with Crippen molar-refractivity contribution in [3.05, 3.63) is 17.3 Å². The van der Waals surface area contributed by atoms with Crippen LogP contribution < -0.4 is 0 Å². The molecule has 0 aliphatic heterocycles. The van der Waals surface area contributed by atoms with Gasteiger partial charge in [-0.2, -0.15) is 0 Å². The fourth-order valence-corrected chi connectivity index (χ4v) is 1.94. The third-order valence-corrected chi connectivity index (χ3v) is 2.87. The topological polar surface area (TPSA) is 26.0 Å². The van der Waals surface area contributed by atoms with Crippen LogP contribution in [0.1, 0.15) is 62.3 Å². The quantitative estimate of drug-likeness (QED) is 0.750. The van der Waals surface area contributed by atoms with E-state index >= 15 is 0 Å². The Morgan fingerprint density at radius 3 is 2.24 bits per heavy atom. The lowest BCUT2D eigenvalue weighted by Gasteiger charge is -2.32. The van der Waals surface area contributed by atoms with Crippen molar-refractivity contribution < 1.29 is 22.0 Å². The zero-order valence-electron chi connectivity index (χ0n) is 9.51. The van der Waals surface area contributed by atoms with E-state index in [0.29, 0.717) is 0 Å². The molecule has 2 rings (SSSR count). The highest BCUT2D eigenvalue weighted by molar-refractivity contribution is 5.18. The van der Waals surface area contributed by atoms with E-state index in [9.17, 15) is 17.6 Å². The minimum Gasteiger partial charge on any atom is -0.445 e. The van der Waals surface area contributed by atoms with Gasteiger partial charge in [-0.05, 0) is 0 Å². The predicted molar refractivity (Wildman–Crippen MR) is 52.5 cm³/mol. The summed E-state index contributed by atoms with van der Waals surface area (Å²) in [6.45, 7) is 3.40. The third-order valence-electron chi connectivity index (χ3n) is 2.87. The second-order valence-corrected chi connectivity index (χ2v) is 4.72. The Hall–Kier alpha value is -1.07. The number of rotatable bonds is 3. The second-order valence-electron chi connectivity index (χ2n) is 4.72. The third kappa shape index (κ3) is 2.30. The summed E-state index contributed by atoms with van der Waals surface area (Å²) in [4.78, 5) is 3.67. The molecule has 2 nitrogen and oxygen atoms in total. The van der Waals surface area contributed by atoms with Crippen LogP contribution in [0.25, 0.3) is 0 Å². The molecule has 1 aliphatic rings. The van der Waals surface area contributed by atoms with Gasteiger partial charge in [0.25, 0.3) is 6.43 Å². The lowest BCUT2D eigenvalue weighted by molar-refractivity contribution is -0.0919. The maximum absolute atomic E-state index is 12.7. The summed E-state index contributed by atoms with van der Waals surface area (Å²) >= 11 is 0. The van der Waals surface area contributed by atoms with Crippen molar-refractivity contribution in [2.75, 3.05) is 0 Å². The van der Waals surface area contributed by atoms with Crippen LogP contribution >= 0.6 is 0 Å².